The second-order valence-electron chi connectivity index (χ2n) is 32.5. The topological polar surface area (TPSA) is 49.4 Å². The van der Waals surface area contributed by atoms with Gasteiger partial charge in [-0.1, -0.05) is 303 Å². The lowest BCUT2D eigenvalue weighted by atomic mass is 9.91. The summed E-state index contributed by atoms with van der Waals surface area (Å²) in [6.45, 7) is 0. The Bertz CT molecular complexity index is 8360. The molecule has 5 aromatic heterocycles. The highest BCUT2D eigenvalue weighted by Gasteiger charge is 2.52. The molecule has 18 aromatic carbocycles. The van der Waals surface area contributed by atoms with Crippen LogP contribution in [0.4, 0.5) is 0 Å². The highest BCUT2D eigenvalue weighted by Crippen LogP contribution is 2.48. The second kappa shape index (κ2) is 24.2. The van der Waals surface area contributed by atoms with Gasteiger partial charge in [-0.25, -0.2) is 9.97 Å². The zero-order valence-corrected chi connectivity index (χ0v) is 66.3. The van der Waals surface area contributed by atoms with Crippen molar-refractivity contribution >= 4 is 135 Å². The molecule has 0 radical (unpaired) electrons. The summed E-state index contributed by atoms with van der Waals surface area (Å²) in [5, 5.41) is 13.5. The molecular formula is C110H67N7Si2. The lowest BCUT2D eigenvalue weighted by Gasteiger charge is -2.37. The van der Waals surface area contributed by atoms with Crippen molar-refractivity contribution in [2.24, 2.45) is 0 Å². The minimum Gasteiger partial charge on any atom is -0.309 e. The summed E-state index contributed by atoms with van der Waals surface area (Å²) in [4.78, 5) is 10.9. The molecule has 0 bridgehead atoms. The van der Waals surface area contributed by atoms with E-state index in [9.17, 15) is 0 Å². The largest absolute Gasteiger partial charge is 0.309 e. The molecule has 9 heteroatoms. The summed E-state index contributed by atoms with van der Waals surface area (Å²) in [7, 11) is -6.49. The molecule has 9 heterocycles. The van der Waals surface area contributed by atoms with Crippen LogP contribution in [0.2, 0.25) is 0 Å². The van der Waals surface area contributed by atoms with Gasteiger partial charge in [-0.15, -0.1) is 0 Å². The van der Waals surface area contributed by atoms with Crippen LogP contribution >= 0.6 is 0 Å². The number of hydrogen-bond acceptors (Lipinski definition) is 2. The molecule has 550 valence electrons. The summed E-state index contributed by atoms with van der Waals surface area (Å²) < 4.78 is 11.9. The number of aromatic nitrogens is 7. The van der Waals surface area contributed by atoms with Gasteiger partial charge in [-0.05, 0) is 245 Å². The predicted octanol–water partition coefficient (Wildman–Crippen LogP) is 21.3. The van der Waals surface area contributed by atoms with Crippen molar-refractivity contribution in [1.82, 2.24) is 32.5 Å². The molecule has 1 unspecified atom stereocenters. The van der Waals surface area contributed by atoms with Gasteiger partial charge in [0.15, 0.2) is 16.1 Å². The minimum absolute atomic E-state index is 0.871. The van der Waals surface area contributed by atoms with Crippen LogP contribution in [0, 0.1) is 0 Å². The number of hydrogen-bond donors (Lipinski definition) is 0. The van der Waals surface area contributed by atoms with Crippen LogP contribution in [0.15, 0.2) is 406 Å². The first-order chi connectivity index (χ1) is 59.1. The van der Waals surface area contributed by atoms with Crippen molar-refractivity contribution in [2.45, 2.75) is 0 Å². The molecule has 7 nitrogen and oxygen atoms in total. The fourth-order valence-corrected chi connectivity index (χ4v) is 33.5. The quantitative estimate of drug-likeness (QED) is 0.165. The number of fused-ring (bicyclic) bond motifs is 41. The number of imidazole rings is 4. The molecule has 2 spiro atoms. The molecule has 23 aromatic rings. The van der Waals surface area contributed by atoms with E-state index in [2.05, 4.69) is 429 Å². The molecule has 0 fully saturated rings. The van der Waals surface area contributed by atoms with Gasteiger partial charge in [0.1, 0.15) is 0 Å². The fraction of sp³-hybridized carbons (Fsp3) is 0. The van der Waals surface area contributed by atoms with E-state index in [-0.39, 0.29) is 0 Å². The van der Waals surface area contributed by atoms with Gasteiger partial charge in [-0.2, -0.15) is 0 Å². The number of para-hydroxylation sites is 7. The van der Waals surface area contributed by atoms with Crippen molar-refractivity contribution in [3.05, 3.63) is 406 Å². The van der Waals surface area contributed by atoms with Gasteiger partial charge in [0.25, 0.3) is 0 Å². The Balaban J connectivity index is 0.617. The zero-order chi connectivity index (χ0) is 77.5. The fourth-order valence-electron chi connectivity index (χ4n) is 22.3. The maximum Gasteiger partial charge on any atom is 0.220 e. The molecule has 0 N–H and O–H groups in total. The van der Waals surface area contributed by atoms with E-state index in [1.54, 1.807) is 0 Å². The van der Waals surface area contributed by atoms with Crippen molar-refractivity contribution in [2.75, 3.05) is 0 Å². The Hall–Kier alpha value is -15.3. The van der Waals surface area contributed by atoms with E-state index in [0.29, 0.717) is 0 Å². The Morgan fingerprint density at radius 2 is 0.454 bits per heavy atom. The third-order valence-electron chi connectivity index (χ3n) is 27.0. The van der Waals surface area contributed by atoms with Crippen LogP contribution in [0.25, 0.3) is 195 Å². The summed E-state index contributed by atoms with van der Waals surface area (Å²) in [5.41, 5.74) is 36.4. The normalized spacial score (nSPS) is 14.3. The van der Waals surface area contributed by atoms with Crippen LogP contribution < -0.4 is 41.5 Å². The van der Waals surface area contributed by atoms with E-state index >= 15 is 0 Å². The van der Waals surface area contributed by atoms with E-state index < -0.39 is 16.1 Å². The SMILES string of the molecule is c1ccc2c(c1)-c1ccccc1[Si]1(c3ccccc3-2)c2ccccc2-c2ccc(-n3c4ccc(-c5ccc6c(c5)-c5ccccc5[Si]5(c7ccccc7-6)c6ccccc6-c6ccc(-n7c8ccccc8c8cc(-n9c%10ccccc%10n%10c%11ccccc%11nc9%10)ccc87)cc6-c6ccccc65)cc4n4c5ccccc5nc34)cc2-c2ccccc21. The standard InChI is InChI=1S/C110H67N7Si2/c1-2-28-74-73(27-1)79-30-4-19-45-101(79)118(102-46-20-5-31-80(74)102)104-48-22-7-34-83(104)77-60-56-71(66-89(77)86-37-11-25-51-107(86)118)115-99-61-54-69(64-100(99)117-96-42-16-13-39-92(96)112-110(115)117)68-53-58-75-81-32-6-21-47-103(81)119(106-50-24-9-35-84(106)87(75)63-68)105-49-23-8-33-82(105)76-59-55-70(65-88(76)85-36-10-26-52-108(85)119)113-93-40-14-3-29-78(93)90-67-72(57-62-94(90)113)114-97-43-17-18-44-98(97)116-95-41-15-12-38-91(95)111-109(114)116/h1-67H. The molecule has 4 aliphatic heterocycles. The first kappa shape index (κ1) is 65.0. The molecule has 119 heavy (non-hydrogen) atoms. The van der Waals surface area contributed by atoms with Crippen molar-refractivity contribution in [3.63, 3.8) is 0 Å². The van der Waals surface area contributed by atoms with E-state index in [0.717, 1.165) is 94.9 Å². The molecule has 27 rings (SSSR count). The lowest BCUT2D eigenvalue weighted by Crippen LogP contribution is -2.75. The summed E-state index contributed by atoms with van der Waals surface area (Å²) in [5.74, 6) is 1.77. The molecule has 0 saturated heterocycles. The lowest BCUT2D eigenvalue weighted by molar-refractivity contribution is 1.11. The van der Waals surface area contributed by atoms with Crippen LogP contribution in [0.5, 0.6) is 0 Å². The first-order valence-corrected chi connectivity index (χ1v) is 45.2. The second-order valence-corrected chi connectivity index (χ2v) is 39.8. The molecule has 1 atom stereocenters. The van der Waals surface area contributed by atoms with Gasteiger partial charge in [-0.3, -0.25) is 17.9 Å². The summed E-state index contributed by atoms with van der Waals surface area (Å²) >= 11 is 0. The average molecular weight is 1540 g/mol. The first-order valence-electron chi connectivity index (χ1n) is 41.2. The van der Waals surface area contributed by atoms with Crippen molar-refractivity contribution in [3.8, 4) is 117 Å². The Morgan fingerprint density at radius 3 is 0.916 bits per heavy atom. The van der Waals surface area contributed by atoms with Crippen LogP contribution in [-0.4, -0.2) is 48.6 Å². The predicted molar refractivity (Wildman–Crippen MR) is 497 cm³/mol. The monoisotopic (exact) mass is 1540 g/mol. The van der Waals surface area contributed by atoms with Crippen LogP contribution in [-0.2, 0) is 0 Å². The van der Waals surface area contributed by atoms with Crippen molar-refractivity contribution in [1.29, 1.82) is 0 Å². The van der Waals surface area contributed by atoms with Gasteiger partial charge in [0.2, 0.25) is 11.6 Å². The smallest absolute Gasteiger partial charge is 0.220 e. The van der Waals surface area contributed by atoms with E-state index in [1.807, 2.05) is 0 Å². The molecule has 4 aliphatic rings. The highest BCUT2D eigenvalue weighted by molar-refractivity contribution is 7.23. The Kier molecular flexibility index (Phi) is 13.2. The number of rotatable bonds is 4. The van der Waals surface area contributed by atoms with E-state index in [1.165, 1.54) is 141 Å². The summed E-state index contributed by atoms with van der Waals surface area (Å²) in [6.07, 6.45) is 0. The van der Waals surface area contributed by atoms with Gasteiger partial charge in [0, 0.05) is 27.8 Å². The number of benzene rings is 18. The Labute approximate surface area is 686 Å². The third kappa shape index (κ3) is 8.57. The Morgan fingerprint density at radius 1 is 0.168 bits per heavy atom. The maximum atomic E-state index is 5.60. The number of nitrogens with zero attached hydrogens (tertiary/aromatic N) is 7. The minimum atomic E-state index is -3.34. The zero-order valence-electron chi connectivity index (χ0n) is 64.3. The average Bonchev–Trinajstić information content (AvgIpc) is 1.56. The van der Waals surface area contributed by atoms with Crippen LogP contribution in [0.3, 0.4) is 0 Å². The van der Waals surface area contributed by atoms with Gasteiger partial charge < -0.3 is 4.57 Å². The molecule has 0 aliphatic carbocycles. The van der Waals surface area contributed by atoms with Gasteiger partial charge in [0.05, 0.1) is 55.2 Å². The van der Waals surface area contributed by atoms with Crippen molar-refractivity contribution < 1.29 is 0 Å². The molecular weight excluding hydrogens is 1480 g/mol. The summed E-state index contributed by atoms with van der Waals surface area (Å²) in [6, 6.07) is 155. The highest BCUT2D eigenvalue weighted by atomic mass is 28.3. The maximum absolute atomic E-state index is 5.60. The third-order valence-corrected chi connectivity index (χ3v) is 36.9. The molecule has 0 saturated carbocycles. The van der Waals surface area contributed by atoms with E-state index in [4.69, 9.17) is 9.97 Å². The van der Waals surface area contributed by atoms with Crippen LogP contribution in [0.1, 0.15) is 0 Å². The van der Waals surface area contributed by atoms with Gasteiger partial charge >= 0.3 is 0 Å². The molecule has 0 amide bonds.